The molecule has 0 spiro atoms. The highest BCUT2D eigenvalue weighted by molar-refractivity contribution is 9.10. The van der Waals surface area contributed by atoms with Crippen LogP contribution in [0, 0.1) is 12.7 Å². The van der Waals surface area contributed by atoms with Gasteiger partial charge in [-0.2, -0.15) is 5.10 Å². The van der Waals surface area contributed by atoms with E-state index in [2.05, 4.69) is 26.3 Å². The molecule has 7 heteroatoms. The third-order valence-electron chi connectivity index (χ3n) is 3.78. The van der Waals surface area contributed by atoms with E-state index in [1.54, 1.807) is 17.8 Å². The maximum atomic E-state index is 13.2. The minimum absolute atomic E-state index is 0.229. The van der Waals surface area contributed by atoms with Gasteiger partial charge < -0.3 is 10.1 Å². The number of rotatable bonds is 5. The van der Waals surface area contributed by atoms with E-state index >= 15 is 0 Å². The minimum atomic E-state index is -0.414. The maximum absolute atomic E-state index is 13.2. The van der Waals surface area contributed by atoms with Gasteiger partial charge in [-0.1, -0.05) is 34.1 Å². The van der Waals surface area contributed by atoms with Crippen LogP contribution in [0.3, 0.4) is 0 Å². The Bertz CT molecular complexity index is 938. The van der Waals surface area contributed by atoms with Crippen molar-refractivity contribution in [2.24, 2.45) is 7.05 Å². The molecule has 1 N–H and O–H groups in total. The predicted molar refractivity (Wildman–Crippen MR) is 102 cm³/mol. The van der Waals surface area contributed by atoms with Crippen molar-refractivity contribution in [2.45, 2.75) is 6.92 Å². The molecule has 3 rings (SSSR count). The second-order valence-electron chi connectivity index (χ2n) is 5.73. The van der Waals surface area contributed by atoms with Gasteiger partial charge in [0.2, 0.25) is 0 Å². The number of carbonyl (C=O) groups is 1. The molecule has 0 radical (unpaired) electrons. The summed E-state index contributed by atoms with van der Waals surface area (Å²) in [4.78, 5) is 12.3. The second-order valence-corrected chi connectivity index (χ2v) is 6.65. The zero-order chi connectivity index (χ0) is 18.7. The van der Waals surface area contributed by atoms with E-state index in [1.807, 2.05) is 31.2 Å². The Labute approximate surface area is 158 Å². The summed E-state index contributed by atoms with van der Waals surface area (Å²) >= 11 is 3.41. The Kier molecular flexibility index (Phi) is 5.37. The third kappa shape index (κ3) is 4.11. The van der Waals surface area contributed by atoms with Crippen LogP contribution in [0.25, 0.3) is 11.1 Å². The summed E-state index contributed by atoms with van der Waals surface area (Å²) in [6.45, 7) is 1.66. The Morgan fingerprint density at radius 2 is 2.00 bits per heavy atom. The Morgan fingerprint density at radius 1 is 1.27 bits per heavy atom. The predicted octanol–water partition coefficient (Wildman–Crippen LogP) is 4.31. The molecule has 1 heterocycles. The lowest BCUT2D eigenvalue weighted by Gasteiger charge is -2.10. The molecule has 0 aliphatic carbocycles. The number of nitrogens with one attached hydrogen (secondary N) is 1. The molecule has 0 atom stereocenters. The number of aryl methyl sites for hydroxylation is 2. The van der Waals surface area contributed by atoms with Crippen LogP contribution in [0.5, 0.6) is 5.75 Å². The first kappa shape index (κ1) is 18.1. The number of hydrogen-bond acceptors (Lipinski definition) is 3. The molecule has 1 aromatic heterocycles. The van der Waals surface area contributed by atoms with E-state index in [0.29, 0.717) is 11.6 Å². The fourth-order valence-corrected chi connectivity index (χ4v) is 2.90. The van der Waals surface area contributed by atoms with E-state index in [0.717, 1.165) is 21.3 Å². The first-order valence-corrected chi connectivity index (χ1v) is 8.71. The number of aromatic nitrogens is 2. The molecule has 0 unspecified atom stereocenters. The molecule has 26 heavy (non-hydrogen) atoms. The molecule has 134 valence electrons. The van der Waals surface area contributed by atoms with Gasteiger partial charge in [-0.25, -0.2) is 4.39 Å². The second kappa shape index (κ2) is 7.70. The highest BCUT2D eigenvalue weighted by atomic mass is 79.9. The average molecular weight is 418 g/mol. The quantitative estimate of drug-likeness (QED) is 0.672. The summed E-state index contributed by atoms with van der Waals surface area (Å²) in [6.07, 6.45) is 0. The summed E-state index contributed by atoms with van der Waals surface area (Å²) in [7, 11) is 1.76. The number of amides is 1. The summed E-state index contributed by atoms with van der Waals surface area (Å²) < 4.78 is 21.1. The fourth-order valence-electron chi connectivity index (χ4n) is 2.64. The molecule has 0 saturated carbocycles. The van der Waals surface area contributed by atoms with Crippen LogP contribution < -0.4 is 10.1 Å². The molecule has 5 nitrogen and oxygen atoms in total. The van der Waals surface area contributed by atoms with E-state index in [9.17, 15) is 9.18 Å². The smallest absolute Gasteiger partial charge is 0.263 e. The average Bonchev–Trinajstić information content (AvgIpc) is 2.88. The van der Waals surface area contributed by atoms with Crippen LogP contribution in [0.15, 0.2) is 53.0 Å². The highest BCUT2D eigenvalue weighted by Crippen LogP contribution is 2.31. The molecule has 0 fully saturated rings. The summed E-state index contributed by atoms with van der Waals surface area (Å²) in [5.41, 5.74) is 2.59. The van der Waals surface area contributed by atoms with E-state index in [1.165, 1.54) is 18.2 Å². The monoisotopic (exact) mass is 417 g/mol. The Hall–Kier alpha value is -2.67. The fraction of sp³-hybridized carbons (Fsp3) is 0.158. The zero-order valence-corrected chi connectivity index (χ0v) is 15.9. The van der Waals surface area contributed by atoms with Crippen molar-refractivity contribution in [3.8, 4) is 16.9 Å². The van der Waals surface area contributed by atoms with Crippen molar-refractivity contribution in [1.82, 2.24) is 9.78 Å². The molecular weight excluding hydrogens is 401 g/mol. The summed E-state index contributed by atoms with van der Waals surface area (Å²) in [5.74, 6) is 0.116. The van der Waals surface area contributed by atoms with Gasteiger partial charge in [0.15, 0.2) is 6.61 Å². The number of hydrogen-bond donors (Lipinski definition) is 1. The number of nitrogens with zero attached hydrogens (tertiary/aromatic N) is 2. The highest BCUT2D eigenvalue weighted by Gasteiger charge is 2.17. The maximum Gasteiger partial charge on any atom is 0.263 e. The molecule has 2 aromatic carbocycles. The van der Waals surface area contributed by atoms with Crippen LogP contribution in [0.4, 0.5) is 10.2 Å². The number of ether oxygens (including phenoxy) is 1. The lowest BCUT2D eigenvalue weighted by molar-refractivity contribution is -0.118. The van der Waals surface area contributed by atoms with Crippen LogP contribution >= 0.6 is 15.9 Å². The minimum Gasteiger partial charge on any atom is -0.484 e. The number of anilines is 1. The van der Waals surface area contributed by atoms with Gasteiger partial charge in [0.25, 0.3) is 5.91 Å². The SMILES string of the molecule is Cc1nn(C)c(NC(=O)COc2cccc(F)c2)c1-c1ccc(Br)cc1. The van der Waals surface area contributed by atoms with Crippen LogP contribution in [0.1, 0.15) is 5.69 Å². The van der Waals surface area contributed by atoms with Crippen molar-refractivity contribution >= 4 is 27.7 Å². The van der Waals surface area contributed by atoms with E-state index < -0.39 is 5.82 Å². The third-order valence-corrected chi connectivity index (χ3v) is 4.31. The van der Waals surface area contributed by atoms with Gasteiger partial charge in [0.05, 0.1) is 5.69 Å². The van der Waals surface area contributed by atoms with Crippen molar-refractivity contribution in [3.05, 3.63) is 64.5 Å². The van der Waals surface area contributed by atoms with Gasteiger partial charge in [-0.15, -0.1) is 0 Å². The number of halogens is 2. The Balaban J connectivity index is 1.77. The molecule has 0 saturated heterocycles. The lowest BCUT2D eigenvalue weighted by Crippen LogP contribution is -2.22. The van der Waals surface area contributed by atoms with Gasteiger partial charge in [0, 0.05) is 23.2 Å². The van der Waals surface area contributed by atoms with E-state index in [-0.39, 0.29) is 12.5 Å². The van der Waals surface area contributed by atoms with Crippen molar-refractivity contribution in [2.75, 3.05) is 11.9 Å². The van der Waals surface area contributed by atoms with Crippen molar-refractivity contribution in [3.63, 3.8) is 0 Å². The topological polar surface area (TPSA) is 56.2 Å². The first-order chi connectivity index (χ1) is 12.4. The zero-order valence-electron chi connectivity index (χ0n) is 14.3. The molecular formula is C19H17BrFN3O2. The first-order valence-electron chi connectivity index (χ1n) is 7.92. The van der Waals surface area contributed by atoms with Crippen molar-refractivity contribution in [1.29, 1.82) is 0 Å². The van der Waals surface area contributed by atoms with Gasteiger partial charge in [0.1, 0.15) is 17.4 Å². The van der Waals surface area contributed by atoms with Crippen LogP contribution in [-0.2, 0) is 11.8 Å². The largest absolute Gasteiger partial charge is 0.484 e. The van der Waals surface area contributed by atoms with E-state index in [4.69, 9.17) is 4.74 Å². The Morgan fingerprint density at radius 3 is 2.69 bits per heavy atom. The summed E-state index contributed by atoms with van der Waals surface area (Å²) in [6, 6.07) is 13.4. The molecule has 0 aliphatic rings. The normalized spacial score (nSPS) is 10.6. The summed E-state index contributed by atoms with van der Waals surface area (Å²) in [5, 5.41) is 7.22. The van der Waals surface area contributed by atoms with Crippen molar-refractivity contribution < 1.29 is 13.9 Å². The standard InChI is InChI=1S/C19H17BrFN3O2/c1-12-18(13-6-8-14(20)9-7-13)19(24(2)23-12)22-17(25)11-26-16-5-3-4-15(21)10-16/h3-10H,11H2,1-2H3,(H,22,25). The molecule has 0 aliphatic heterocycles. The van der Waals surface area contributed by atoms with Gasteiger partial charge >= 0.3 is 0 Å². The number of benzene rings is 2. The molecule has 3 aromatic rings. The van der Waals surface area contributed by atoms with Crippen LogP contribution in [0.2, 0.25) is 0 Å². The number of carbonyl (C=O) groups excluding carboxylic acids is 1. The molecule has 1 amide bonds. The van der Waals surface area contributed by atoms with Gasteiger partial charge in [-0.05, 0) is 36.8 Å². The van der Waals surface area contributed by atoms with Crippen LogP contribution in [-0.4, -0.2) is 22.3 Å². The lowest BCUT2D eigenvalue weighted by atomic mass is 10.1. The molecule has 0 bridgehead atoms. The van der Waals surface area contributed by atoms with Gasteiger partial charge in [-0.3, -0.25) is 9.48 Å².